The number of methoxy groups -OCH3 is 4. The number of nitrogens with zero attached hydrogens (tertiary/aromatic N) is 4. The quantitative estimate of drug-likeness (QED) is 0.174. The zero-order valence-electron chi connectivity index (χ0n) is 21.4. The molecule has 1 N–H and O–H groups in total. The Morgan fingerprint density at radius 2 is 1.61 bits per heavy atom. The fourth-order valence-electron chi connectivity index (χ4n) is 3.60. The van der Waals surface area contributed by atoms with E-state index in [0.29, 0.717) is 33.8 Å². The standard InChI is InChI=1S/C27H27N5O5S/c1-34-21-12-10-18(11-13-21)16-28-29-24(33)17-38-27-31-30-26(32(27)20-8-6-5-7-9-20)19-14-22(35-2)25(37-4)23(15-19)36-3/h5-16H,17H2,1-4H3,(H,29,33)/b28-16+. The maximum Gasteiger partial charge on any atom is 0.250 e. The Morgan fingerprint density at radius 1 is 0.921 bits per heavy atom. The second-order valence-corrected chi connectivity index (χ2v) is 8.69. The fraction of sp³-hybridized carbons (Fsp3) is 0.185. The van der Waals surface area contributed by atoms with Crippen molar-refractivity contribution < 1.29 is 23.7 Å². The normalized spacial score (nSPS) is 10.8. The Morgan fingerprint density at radius 3 is 2.21 bits per heavy atom. The number of thioether (sulfide) groups is 1. The van der Waals surface area contributed by atoms with Gasteiger partial charge in [0.1, 0.15) is 5.75 Å². The molecule has 0 saturated heterocycles. The zero-order chi connectivity index (χ0) is 26.9. The van der Waals surface area contributed by atoms with Crippen molar-refractivity contribution in [2.24, 2.45) is 5.10 Å². The van der Waals surface area contributed by atoms with Crippen LogP contribution in [-0.2, 0) is 4.79 Å². The number of ether oxygens (including phenoxy) is 4. The van der Waals surface area contributed by atoms with Gasteiger partial charge in [-0.25, -0.2) is 5.43 Å². The highest BCUT2D eigenvalue weighted by Crippen LogP contribution is 2.41. The minimum Gasteiger partial charge on any atom is -0.497 e. The third kappa shape index (κ3) is 6.06. The zero-order valence-corrected chi connectivity index (χ0v) is 22.2. The molecule has 0 radical (unpaired) electrons. The van der Waals surface area contributed by atoms with Crippen LogP contribution in [0.3, 0.4) is 0 Å². The van der Waals surface area contributed by atoms with Gasteiger partial charge in [-0.1, -0.05) is 30.0 Å². The summed E-state index contributed by atoms with van der Waals surface area (Å²) in [6.45, 7) is 0. The Hall–Kier alpha value is -4.51. The molecule has 11 heteroatoms. The Kier molecular flexibility index (Phi) is 8.83. The second-order valence-electron chi connectivity index (χ2n) is 7.75. The molecular formula is C27H27N5O5S. The van der Waals surface area contributed by atoms with E-state index in [2.05, 4.69) is 20.7 Å². The van der Waals surface area contributed by atoms with Gasteiger partial charge in [-0.15, -0.1) is 10.2 Å². The number of carbonyl (C=O) groups excluding carboxylic acids is 1. The topological polar surface area (TPSA) is 109 Å². The van der Waals surface area contributed by atoms with E-state index in [1.54, 1.807) is 46.8 Å². The molecule has 0 unspecified atom stereocenters. The van der Waals surface area contributed by atoms with Crippen molar-refractivity contribution in [3.05, 3.63) is 72.3 Å². The van der Waals surface area contributed by atoms with Crippen molar-refractivity contribution in [3.8, 4) is 40.1 Å². The Labute approximate surface area is 224 Å². The van der Waals surface area contributed by atoms with Gasteiger partial charge in [0, 0.05) is 11.3 Å². The van der Waals surface area contributed by atoms with Gasteiger partial charge < -0.3 is 18.9 Å². The van der Waals surface area contributed by atoms with Gasteiger partial charge in [-0.3, -0.25) is 9.36 Å². The van der Waals surface area contributed by atoms with Crippen LogP contribution in [0.2, 0.25) is 0 Å². The maximum atomic E-state index is 12.5. The minimum absolute atomic E-state index is 0.0835. The van der Waals surface area contributed by atoms with Crippen LogP contribution in [0.1, 0.15) is 5.56 Å². The van der Waals surface area contributed by atoms with Crippen molar-refractivity contribution in [1.29, 1.82) is 0 Å². The lowest BCUT2D eigenvalue weighted by Crippen LogP contribution is -2.20. The van der Waals surface area contributed by atoms with E-state index >= 15 is 0 Å². The highest BCUT2D eigenvalue weighted by Gasteiger charge is 2.21. The summed E-state index contributed by atoms with van der Waals surface area (Å²) in [6.07, 6.45) is 1.57. The van der Waals surface area contributed by atoms with Gasteiger partial charge in [0.2, 0.25) is 5.75 Å². The molecule has 10 nitrogen and oxygen atoms in total. The predicted molar refractivity (Wildman–Crippen MR) is 146 cm³/mol. The molecule has 0 aliphatic rings. The van der Waals surface area contributed by atoms with E-state index in [9.17, 15) is 4.79 Å². The lowest BCUT2D eigenvalue weighted by Gasteiger charge is -2.15. The summed E-state index contributed by atoms with van der Waals surface area (Å²) in [5, 5.41) is 13.4. The summed E-state index contributed by atoms with van der Waals surface area (Å²) < 4.78 is 23.5. The molecule has 196 valence electrons. The van der Waals surface area contributed by atoms with Crippen LogP contribution >= 0.6 is 11.8 Å². The fourth-order valence-corrected chi connectivity index (χ4v) is 4.35. The molecule has 0 aliphatic heterocycles. The largest absolute Gasteiger partial charge is 0.497 e. The molecule has 4 rings (SSSR count). The molecular weight excluding hydrogens is 506 g/mol. The molecule has 3 aromatic carbocycles. The molecule has 4 aromatic rings. The molecule has 0 saturated carbocycles. The summed E-state index contributed by atoms with van der Waals surface area (Å²) in [7, 11) is 6.26. The smallest absolute Gasteiger partial charge is 0.250 e. The summed E-state index contributed by atoms with van der Waals surface area (Å²) in [5.74, 6) is 2.57. The number of hydrogen-bond donors (Lipinski definition) is 1. The first kappa shape index (κ1) is 26.6. The van der Waals surface area contributed by atoms with Gasteiger partial charge in [-0.2, -0.15) is 5.10 Å². The van der Waals surface area contributed by atoms with Gasteiger partial charge in [0.05, 0.1) is 40.4 Å². The third-order valence-electron chi connectivity index (χ3n) is 5.42. The van der Waals surface area contributed by atoms with E-state index in [-0.39, 0.29) is 11.7 Å². The highest BCUT2D eigenvalue weighted by atomic mass is 32.2. The number of carbonyl (C=O) groups is 1. The van der Waals surface area contributed by atoms with Gasteiger partial charge in [-0.05, 0) is 54.1 Å². The average molecular weight is 534 g/mol. The number of aromatic nitrogens is 3. The molecule has 0 fully saturated rings. The predicted octanol–water partition coefficient (Wildman–Crippen LogP) is 4.21. The van der Waals surface area contributed by atoms with E-state index in [1.165, 1.54) is 11.8 Å². The van der Waals surface area contributed by atoms with E-state index in [1.807, 2.05) is 59.2 Å². The maximum absolute atomic E-state index is 12.5. The van der Waals surface area contributed by atoms with Crippen LogP contribution in [0.25, 0.3) is 17.1 Å². The number of nitrogens with one attached hydrogen (secondary N) is 1. The van der Waals surface area contributed by atoms with Crippen LogP contribution in [0.15, 0.2) is 77.0 Å². The second kappa shape index (κ2) is 12.6. The number of para-hydroxylation sites is 1. The Balaban J connectivity index is 1.56. The lowest BCUT2D eigenvalue weighted by atomic mass is 10.1. The molecule has 1 aromatic heterocycles. The third-order valence-corrected chi connectivity index (χ3v) is 6.35. The van der Waals surface area contributed by atoms with Crippen molar-refractivity contribution in [1.82, 2.24) is 20.2 Å². The van der Waals surface area contributed by atoms with Crippen LogP contribution in [0.4, 0.5) is 0 Å². The van der Waals surface area contributed by atoms with Gasteiger partial charge in [0.25, 0.3) is 5.91 Å². The Bertz CT molecular complexity index is 1380. The summed E-state index contributed by atoms with van der Waals surface area (Å²) in [5.41, 5.74) is 4.92. The molecule has 1 heterocycles. The summed E-state index contributed by atoms with van der Waals surface area (Å²) in [4.78, 5) is 12.5. The molecule has 0 spiro atoms. The lowest BCUT2D eigenvalue weighted by molar-refractivity contribution is -0.118. The van der Waals surface area contributed by atoms with E-state index in [4.69, 9.17) is 18.9 Å². The van der Waals surface area contributed by atoms with Crippen molar-refractivity contribution in [3.63, 3.8) is 0 Å². The summed E-state index contributed by atoms with van der Waals surface area (Å²) >= 11 is 1.24. The van der Waals surface area contributed by atoms with Crippen LogP contribution < -0.4 is 24.4 Å². The number of hydrogen-bond acceptors (Lipinski definition) is 9. The SMILES string of the molecule is COc1ccc(/C=N/NC(=O)CSc2nnc(-c3cc(OC)c(OC)c(OC)c3)n2-c2ccccc2)cc1. The number of amides is 1. The molecule has 0 aliphatic carbocycles. The van der Waals surface area contributed by atoms with E-state index in [0.717, 1.165) is 17.0 Å². The molecule has 0 bridgehead atoms. The van der Waals surface area contributed by atoms with Crippen molar-refractivity contribution >= 4 is 23.9 Å². The monoisotopic (exact) mass is 533 g/mol. The first-order valence-corrected chi connectivity index (χ1v) is 12.5. The highest BCUT2D eigenvalue weighted by molar-refractivity contribution is 7.99. The number of rotatable bonds is 11. The molecule has 0 atom stereocenters. The van der Waals surface area contributed by atoms with Crippen LogP contribution in [0.5, 0.6) is 23.0 Å². The van der Waals surface area contributed by atoms with Crippen molar-refractivity contribution in [2.45, 2.75) is 5.16 Å². The van der Waals surface area contributed by atoms with Crippen molar-refractivity contribution in [2.75, 3.05) is 34.2 Å². The first-order valence-electron chi connectivity index (χ1n) is 11.5. The van der Waals surface area contributed by atoms with Gasteiger partial charge in [0.15, 0.2) is 22.5 Å². The molecule has 38 heavy (non-hydrogen) atoms. The summed E-state index contributed by atoms with van der Waals surface area (Å²) in [6, 6.07) is 20.6. The van der Waals surface area contributed by atoms with E-state index < -0.39 is 0 Å². The number of benzene rings is 3. The average Bonchev–Trinajstić information content (AvgIpc) is 3.40. The minimum atomic E-state index is -0.281. The van der Waals surface area contributed by atoms with Crippen LogP contribution in [-0.4, -0.2) is 61.1 Å². The molecule has 1 amide bonds. The first-order chi connectivity index (χ1) is 18.6. The van der Waals surface area contributed by atoms with Crippen LogP contribution in [0, 0.1) is 0 Å². The number of hydrazone groups is 1. The van der Waals surface area contributed by atoms with Gasteiger partial charge >= 0.3 is 0 Å².